The fraction of sp³-hybridized carbons (Fsp3) is 0.714. The molecule has 1 fully saturated rings. The van der Waals surface area contributed by atoms with Crippen LogP contribution in [0.4, 0.5) is 5.82 Å². The average Bonchev–Trinajstić information content (AvgIpc) is 2.38. The molecule has 0 radical (unpaired) electrons. The summed E-state index contributed by atoms with van der Waals surface area (Å²) in [4.78, 5) is 4.71. The first kappa shape index (κ1) is 14.2. The van der Waals surface area contributed by atoms with Crippen LogP contribution in [0.1, 0.15) is 26.7 Å². The minimum Gasteiger partial charge on any atom is -0.355 e. The Balaban J connectivity index is 1.86. The minimum absolute atomic E-state index is 0.128. The molecule has 0 saturated carbocycles. The molecule has 0 unspecified atom stereocenters. The first-order valence-electron chi connectivity index (χ1n) is 6.97. The third-order valence-electron chi connectivity index (χ3n) is 3.63. The zero-order chi connectivity index (χ0) is 13.9. The van der Waals surface area contributed by atoms with E-state index in [4.69, 9.17) is 5.73 Å². The van der Waals surface area contributed by atoms with Gasteiger partial charge in [0.15, 0.2) is 5.82 Å². The van der Waals surface area contributed by atoms with E-state index in [0.717, 1.165) is 38.3 Å². The second kappa shape index (κ2) is 5.84. The largest absolute Gasteiger partial charge is 0.355 e. The van der Waals surface area contributed by atoms with Crippen molar-refractivity contribution in [3.63, 3.8) is 0 Å². The number of piperidine rings is 1. The highest BCUT2D eigenvalue weighted by atomic mass is 15.3. The predicted octanol–water partition coefficient (Wildman–Crippen LogP) is 1.11. The van der Waals surface area contributed by atoms with Gasteiger partial charge in [0.25, 0.3) is 0 Å². The van der Waals surface area contributed by atoms with Crippen molar-refractivity contribution in [2.45, 2.75) is 38.3 Å². The maximum Gasteiger partial charge on any atom is 0.151 e. The molecule has 5 nitrogen and oxygen atoms in total. The summed E-state index contributed by atoms with van der Waals surface area (Å²) in [5.41, 5.74) is 5.96. The SMILES string of the molecule is CN(CC(C)(C)N)C1CCN(c2cccnn2)CC1. The summed E-state index contributed by atoms with van der Waals surface area (Å²) in [5, 5.41) is 8.12. The summed E-state index contributed by atoms with van der Waals surface area (Å²) in [6.07, 6.45) is 4.03. The molecule has 106 valence electrons. The molecule has 19 heavy (non-hydrogen) atoms. The molecule has 2 heterocycles. The molecule has 0 amide bonds. The third kappa shape index (κ3) is 4.14. The Morgan fingerprint density at radius 1 is 1.42 bits per heavy atom. The lowest BCUT2D eigenvalue weighted by atomic mass is 10.0. The summed E-state index contributed by atoms with van der Waals surface area (Å²) < 4.78 is 0. The Kier molecular flexibility index (Phi) is 4.37. The number of hydrogen-bond donors (Lipinski definition) is 1. The molecule has 1 aromatic rings. The van der Waals surface area contributed by atoms with E-state index in [9.17, 15) is 0 Å². The van der Waals surface area contributed by atoms with E-state index in [0.29, 0.717) is 6.04 Å². The standard InChI is InChI=1S/C14H25N5/c1-14(2,15)11-18(3)12-6-9-19(10-7-12)13-5-4-8-16-17-13/h4-5,8,12H,6-7,9-11,15H2,1-3H3. The van der Waals surface area contributed by atoms with Gasteiger partial charge in [-0.1, -0.05) is 0 Å². The number of nitrogens with two attached hydrogens (primary N) is 1. The molecule has 1 saturated heterocycles. The maximum absolute atomic E-state index is 6.09. The van der Waals surface area contributed by atoms with Gasteiger partial charge in [-0.15, -0.1) is 5.10 Å². The number of rotatable bonds is 4. The van der Waals surface area contributed by atoms with Crippen LogP contribution < -0.4 is 10.6 Å². The number of hydrogen-bond acceptors (Lipinski definition) is 5. The monoisotopic (exact) mass is 263 g/mol. The number of anilines is 1. The quantitative estimate of drug-likeness (QED) is 0.882. The molecule has 0 aromatic carbocycles. The Morgan fingerprint density at radius 2 is 2.11 bits per heavy atom. The van der Waals surface area contributed by atoms with Crippen LogP contribution in [-0.4, -0.2) is 53.4 Å². The first-order chi connectivity index (χ1) is 8.96. The van der Waals surface area contributed by atoms with Gasteiger partial charge < -0.3 is 15.5 Å². The highest BCUT2D eigenvalue weighted by Crippen LogP contribution is 2.20. The van der Waals surface area contributed by atoms with E-state index in [1.54, 1.807) is 6.20 Å². The van der Waals surface area contributed by atoms with Gasteiger partial charge in [-0.3, -0.25) is 0 Å². The predicted molar refractivity (Wildman–Crippen MR) is 78.2 cm³/mol. The molecular formula is C14H25N5. The molecule has 0 atom stereocenters. The number of aromatic nitrogens is 2. The van der Waals surface area contributed by atoms with Crippen molar-refractivity contribution in [3.8, 4) is 0 Å². The Morgan fingerprint density at radius 3 is 2.63 bits per heavy atom. The van der Waals surface area contributed by atoms with E-state index < -0.39 is 0 Å². The summed E-state index contributed by atoms with van der Waals surface area (Å²) in [6.45, 7) is 7.18. The molecule has 5 heteroatoms. The van der Waals surface area contributed by atoms with Crippen LogP contribution in [0.3, 0.4) is 0 Å². The van der Waals surface area contributed by atoms with Crippen LogP contribution in [0.2, 0.25) is 0 Å². The topological polar surface area (TPSA) is 58.3 Å². The Bertz CT molecular complexity index is 379. The Hall–Kier alpha value is -1.20. The van der Waals surface area contributed by atoms with Gasteiger partial charge in [0.1, 0.15) is 0 Å². The normalized spacial score (nSPS) is 18.1. The van der Waals surface area contributed by atoms with Crippen LogP contribution in [0.25, 0.3) is 0 Å². The van der Waals surface area contributed by atoms with Gasteiger partial charge in [-0.2, -0.15) is 5.10 Å². The van der Waals surface area contributed by atoms with Crippen LogP contribution in [-0.2, 0) is 0 Å². The van der Waals surface area contributed by atoms with Gasteiger partial charge in [0, 0.05) is 37.4 Å². The molecule has 1 aromatic heterocycles. The van der Waals surface area contributed by atoms with Crippen molar-refractivity contribution in [1.82, 2.24) is 15.1 Å². The van der Waals surface area contributed by atoms with Crippen molar-refractivity contribution in [1.29, 1.82) is 0 Å². The summed E-state index contributed by atoms with van der Waals surface area (Å²) in [5.74, 6) is 0.989. The Labute approximate surface area is 115 Å². The third-order valence-corrected chi connectivity index (χ3v) is 3.63. The van der Waals surface area contributed by atoms with Crippen LogP contribution in [0.5, 0.6) is 0 Å². The van der Waals surface area contributed by atoms with Crippen molar-refractivity contribution in [2.75, 3.05) is 31.6 Å². The van der Waals surface area contributed by atoms with Gasteiger partial charge >= 0.3 is 0 Å². The van der Waals surface area contributed by atoms with Crippen LogP contribution in [0.15, 0.2) is 18.3 Å². The fourth-order valence-electron chi connectivity index (χ4n) is 2.77. The highest BCUT2D eigenvalue weighted by molar-refractivity contribution is 5.36. The van der Waals surface area contributed by atoms with E-state index in [1.165, 1.54) is 0 Å². The van der Waals surface area contributed by atoms with Crippen molar-refractivity contribution >= 4 is 5.82 Å². The maximum atomic E-state index is 6.09. The summed E-state index contributed by atoms with van der Waals surface area (Å²) >= 11 is 0. The van der Waals surface area contributed by atoms with E-state index in [-0.39, 0.29) is 5.54 Å². The highest BCUT2D eigenvalue weighted by Gasteiger charge is 2.25. The van der Waals surface area contributed by atoms with Crippen molar-refractivity contribution in [3.05, 3.63) is 18.3 Å². The minimum atomic E-state index is -0.128. The van der Waals surface area contributed by atoms with Gasteiger partial charge in [-0.25, -0.2) is 0 Å². The smallest absolute Gasteiger partial charge is 0.151 e. The van der Waals surface area contributed by atoms with Crippen LogP contribution in [0, 0.1) is 0 Å². The number of likely N-dealkylation sites (N-methyl/N-ethyl adjacent to an activating group) is 1. The van der Waals surface area contributed by atoms with E-state index in [2.05, 4.69) is 40.9 Å². The average molecular weight is 263 g/mol. The molecule has 1 aliphatic heterocycles. The van der Waals surface area contributed by atoms with Gasteiger partial charge in [-0.05, 0) is 45.9 Å². The molecule has 0 spiro atoms. The molecule has 1 aliphatic rings. The second-order valence-corrected chi connectivity index (χ2v) is 6.20. The molecular weight excluding hydrogens is 238 g/mol. The lowest BCUT2D eigenvalue weighted by molar-refractivity contribution is 0.176. The zero-order valence-electron chi connectivity index (χ0n) is 12.2. The van der Waals surface area contributed by atoms with Crippen molar-refractivity contribution < 1.29 is 0 Å². The lowest BCUT2D eigenvalue weighted by Crippen LogP contribution is -2.50. The van der Waals surface area contributed by atoms with E-state index in [1.807, 2.05) is 12.1 Å². The molecule has 2 N–H and O–H groups in total. The molecule has 0 aliphatic carbocycles. The summed E-state index contributed by atoms with van der Waals surface area (Å²) in [7, 11) is 2.18. The molecule has 2 rings (SSSR count). The summed E-state index contributed by atoms with van der Waals surface area (Å²) in [6, 6.07) is 4.59. The fourth-order valence-corrected chi connectivity index (χ4v) is 2.77. The van der Waals surface area contributed by atoms with Crippen molar-refractivity contribution in [2.24, 2.45) is 5.73 Å². The lowest BCUT2D eigenvalue weighted by Gasteiger charge is -2.39. The zero-order valence-corrected chi connectivity index (χ0v) is 12.2. The van der Waals surface area contributed by atoms with Gasteiger partial charge in [0.2, 0.25) is 0 Å². The van der Waals surface area contributed by atoms with Gasteiger partial charge in [0.05, 0.1) is 0 Å². The van der Waals surface area contributed by atoms with E-state index >= 15 is 0 Å². The second-order valence-electron chi connectivity index (χ2n) is 6.20. The molecule has 0 bridgehead atoms. The first-order valence-corrected chi connectivity index (χ1v) is 6.97. The van der Waals surface area contributed by atoms with Crippen LogP contribution >= 0.6 is 0 Å². The number of nitrogens with zero attached hydrogens (tertiary/aromatic N) is 4.